The second-order valence-electron chi connectivity index (χ2n) is 5.44. The molecule has 0 heterocycles. The van der Waals surface area contributed by atoms with E-state index in [9.17, 15) is 18.8 Å². The first-order chi connectivity index (χ1) is 13.0. The van der Waals surface area contributed by atoms with Crippen LogP contribution in [0.5, 0.6) is 5.75 Å². The Labute approximate surface area is 155 Å². The molecule has 0 atom stereocenters. The zero-order valence-electron chi connectivity index (χ0n) is 14.7. The Hall–Kier alpha value is -3.42. The van der Waals surface area contributed by atoms with E-state index in [1.807, 2.05) is 0 Å². The van der Waals surface area contributed by atoms with E-state index in [4.69, 9.17) is 9.47 Å². The van der Waals surface area contributed by atoms with E-state index in [-0.39, 0.29) is 6.54 Å². The molecule has 2 N–H and O–H groups in total. The summed E-state index contributed by atoms with van der Waals surface area (Å²) in [5, 5.41) is 4.83. The van der Waals surface area contributed by atoms with Gasteiger partial charge in [0, 0.05) is 17.7 Å². The first kappa shape index (κ1) is 19.9. The van der Waals surface area contributed by atoms with Gasteiger partial charge in [0.1, 0.15) is 18.1 Å². The highest BCUT2D eigenvalue weighted by molar-refractivity contribution is 5.96. The highest BCUT2D eigenvalue weighted by atomic mass is 19.1. The normalized spacial score (nSPS) is 10.0. The minimum absolute atomic E-state index is 0.0182. The summed E-state index contributed by atoms with van der Waals surface area (Å²) < 4.78 is 23.2. The zero-order chi connectivity index (χ0) is 19.6. The van der Waals surface area contributed by atoms with Crippen LogP contribution in [0.3, 0.4) is 0 Å². The second kappa shape index (κ2) is 9.91. The van der Waals surface area contributed by atoms with Crippen molar-refractivity contribution in [3.05, 3.63) is 65.5 Å². The Bertz CT molecular complexity index is 825. The lowest BCUT2D eigenvalue weighted by atomic mass is 10.2. The van der Waals surface area contributed by atoms with E-state index >= 15 is 0 Å². The van der Waals surface area contributed by atoms with Crippen LogP contribution >= 0.6 is 0 Å². The Morgan fingerprint density at radius 2 is 1.81 bits per heavy atom. The molecule has 0 saturated heterocycles. The maximum absolute atomic E-state index is 13.4. The summed E-state index contributed by atoms with van der Waals surface area (Å²) in [6.07, 6.45) is 0. The number of carbonyl (C=O) groups excluding carboxylic acids is 3. The van der Waals surface area contributed by atoms with Gasteiger partial charge in [-0.25, -0.2) is 4.39 Å². The number of benzene rings is 2. The topological polar surface area (TPSA) is 93.7 Å². The number of nitrogens with one attached hydrogen (secondary N) is 2. The van der Waals surface area contributed by atoms with Gasteiger partial charge in [0.25, 0.3) is 11.8 Å². The highest BCUT2D eigenvalue weighted by Crippen LogP contribution is 2.12. The maximum Gasteiger partial charge on any atom is 0.325 e. The van der Waals surface area contributed by atoms with E-state index in [1.54, 1.807) is 30.3 Å². The molecular formula is C19H19FN2O5. The molecule has 8 heteroatoms. The average Bonchev–Trinajstić information content (AvgIpc) is 2.69. The fraction of sp³-hybridized carbons (Fsp3) is 0.211. The highest BCUT2D eigenvalue weighted by Gasteiger charge is 2.11. The van der Waals surface area contributed by atoms with Crippen LogP contribution in [0.25, 0.3) is 0 Å². The Kier molecular flexibility index (Phi) is 7.30. The molecule has 0 aliphatic rings. The van der Waals surface area contributed by atoms with Gasteiger partial charge in [0.2, 0.25) is 0 Å². The third kappa shape index (κ3) is 6.43. The van der Waals surface area contributed by atoms with Crippen LogP contribution in [0.2, 0.25) is 0 Å². The van der Waals surface area contributed by atoms with Crippen LogP contribution in [-0.2, 0) is 20.9 Å². The number of amides is 2. The van der Waals surface area contributed by atoms with Gasteiger partial charge >= 0.3 is 5.97 Å². The number of rotatable bonds is 8. The Morgan fingerprint density at radius 3 is 2.56 bits per heavy atom. The Balaban J connectivity index is 1.70. The van der Waals surface area contributed by atoms with Crippen LogP contribution in [0.4, 0.5) is 4.39 Å². The molecule has 0 aliphatic carbocycles. The van der Waals surface area contributed by atoms with E-state index < -0.39 is 36.8 Å². The van der Waals surface area contributed by atoms with Gasteiger partial charge in [0.15, 0.2) is 6.61 Å². The van der Waals surface area contributed by atoms with Gasteiger partial charge in [-0.05, 0) is 24.3 Å². The summed E-state index contributed by atoms with van der Waals surface area (Å²) in [7, 11) is 1.48. The maximum atomic E-state index is 13.4. The number of carbonyl (C=O) groups is 3. The summed E-state index contributed by atoms with van der Waals surface area (Å²) in [6, 6.07) is 12.4. The predicted molar refractivity (Wildman–Crippen MR) is 94.5 cm³/mol. The summed E-state index contributed by atoms with van der Waals surface area (Å²) in [5.41, 5.74) is 0.646. The molecule has 0 unspecified atom stereocenters. The van der Waals surface area contributed by atoms with Crippen molar-refractivity contribution < 1.29 is 28.2 Å². The molecule has 2 rings (SSSR count). The van der Waals surface area contributed by atoms with Crippen molar-refractivity contribution >= 4 is 17.8 Å². The minimum Gasteiger partial charge on any atom is -0.497 e. The van der Waals surface area contributed by atoms with Crippen molar-refractivity contribution in [2.45, 2.75) is 6.54 Å². The molecule has 0 radical (unpaired) electrons. The van der Waals surface area contributed by atoms with Gasteiger partial charge < -0.3 is 20.1 Å². The van der Waals surface area contributed by atoms with Crippen LogP contribution in [0.1, 0.15) is 15.9 Å². The third-order valence-electron chi connectivity index (χ3n) is 3.52. The summed E-state index contributed by atoms with van der Waals surface area (Å²) in [6.45, 7) is -0.936. The fourth-order valence-corrected chi connectivity index (χ4v) is 2.10. The third-order valence-corrected chi connectivity index (χ3v) is 3.52. The zero-order valence-corrected chi connectivity index (χ0v) is 14.7. The van der Waals surface area contributed by atoms with Crippen LogP contribution in [0.15, 0.2) is 48.5 Å². The number of esters is 1. The van der Waals surface area contributed by atoms with Crippen molar-refractivity contribution in [1.29, 1.82) is 0 Å². The molecule has 2 aromatic rings. The molecule has 2 amide bonds. The molecule has 7 nitrogen and oxygen atoms in total. The molecule has 0 saturated carbocycles. The standard InChI is InChI=1S/C19H19FN2O5/c1-26-15-7-4-6-13(9-15)19(25)22-11-18(24)27-12-17(23)21-10-14-5-2-3-8-16(14)20/h2-9H,10-12H2,1H3,(H,21,23)(H,22,25). The molecular weight excluding hydrogens is 355 g/mol. The second-order valence-corrected chi connectivity index (χ2v) is 5.44. The van der Waals surface area contributed by atoms with E-state index in [1.165, 1.54) is 25.3 Å². The molecule has 2 aromatic carbocycles. The van der Waals surface area contributed by atoms with Crippen LogP contribution < -0.4 is 15.4 Å². The number of ether oxygens (including phenoxy) is 2. The largest absolute Gasteiger partial charge is 0.497 e. The quantitative estimate of drug-likeness (QED) is 0.682. The average molecular weight is 374 g/mol. The number of halogens is 1. The monoisotopic (exact) mass is 374 g/mol. The van der Waals surface area contributed by atoms with Crippen molar-refractivity contribution in [2.24, 2.45) is 0 Å². The van der Waals surface area contributed by atoms with Crippen LogP contribution in [-0.4, -0.2) is 38.0 Å². The van der Waals surface area contributed by atoms with Gasteiger partial charge in [-0.15, -0.1) is 0 Å². The number of methoxy groups -OCH3 is 1. The lowest BCUT2D eigenvalue weighted by Gasteiger charge is -2.08. The molecule has 0 spiro atoms. The fourth-order valence-electron chi connectivity index (χ4n) is 2.10. The van der Waals surface area contributed by atoms with Crippen molar-refractivity contribution in [3.8, 4) is 5.75 Å². The van der Waals surface area contributed by atoms with Gasteiger partial charge in [-0.3, -0.25) is 14.4 Å². The van der Waals surface area contributed by atoms with Crippen molar-refractivity contribution in [3.63, 3.8) is 0 Å². The molecule has 142 valence electrons. The van der Waals surface area contributed by atoms with Gasteiger partial charge in [-0.1, -0.05) is 24.3 Å². The van der Waals surface area contributed by atoms with Crippen molar-refractivity contribution in [1.82, 2.24) is 10.6 Å². The smallest absolute Gasteiger partial charge is 0.325 e. The lowest BCUT2D eigenvalue weighted by Crippen LogP contribution is -2.33. The van der Waals surface area contributed by atoms with E-state index in [0.29, 0.717) is 16.9 Å². The predicted octanol–water partition coefficient (Wildman–Crippen LogP) is 1.42. The summed E-state index contributed by atoms with van der Waals surface area (Å²) in [5.74, 6) is -1.75. The molecule has 27 heavy (non-hydrogen) atoms. The number of hydrogen-bond donors (Lipinski definition) is 2. The number of hydrogen-bond acceptors (Lipinski definition) is 5. The van der Waals surface area contributed by atoms with Gasteiger partial charge in [-0.2, -0.15) is 0 Å². The van der Waals surface area contributed by atoms with E-state index in [0.717, 1.165) is 0 Å². The van der Waals surface area contributed by atoms with Crippen LogP contribution in [0, 0.1) is 5.82 Å². The first-order valence-corrected chi connectivity index (χ1v) is 8.07. The van der Waals surface area contributed by atoms with Crippen molar-refractivity contribution in [2.75, 3.05) is 20.3 Å². The van der Waals surface area contributed by atoms with Gasteiger partial charge in [0.05, 0.1) is 7.11 Å². The molecule has 0 aromatic heterocycles. The Morgan fingerprint density at radius 1 is 1.04 bits per heavy atom. The minimum atomic E-state index is -0.771. The molecule has 0 aliphatic heterocycles. The SMILES string of the molecule is COc1cccc(C(=O)NCC(=O)OCC(=O)NCc2ccccc2F)c1. The van der Waals surface area contributed by atoms with E-state index in [2.05, 4.69) is 10.6 Å². The summed E-state index contributed by atoms with van der Waals surface area (Å²) >= 11 is 0. The first-order valence-electron chi connectivity index (χ1n) is 8.07. The molecule has 0 fully saturated rings. The summed E-state index contributed by atoms with van der Waals surface area (Å²) in [4.78, 5) is 35.2. The lowest BCUT2D eigenvalue weighted by molar-refractivity contribution is -0.147. The molecule has 0 bridgehead atoms.